The van der Waals surface area contributed by atoms with Gasteiger partial charge in [-0.25, -0.2) is 0 Å². The van der Waals surface area contributed by atoms with Crippen LogP contribution in [0.5, 0.6) is 0 Å². The molecule has 1 saturated heterocycles. The van der Waals surface area contributed by atoms with Crippen LogP contribution in [0.3, 0.4) is 0 Å². The van der Waals surface area contributed by atoms with Crippen LogP contribution in [-0.4, -0.2) is 24.6 Å². The molecule has 1 fully saturated rings. The van der Waals surface area contributed by atoms with Gasteiger partial charge in [0.05, 0.1) is 5.69 Å². The number of piperidine rings is 1. The molecule has 0 bridgehead atoms. The molecule has 2 N–H and O–H groups in total. The maximum Gasteiger partial charge on any atom is 0.0570 e. The number of hydrogen-bond donors (Lipinski definition) is 2. The van der Waals surface area contributed by atoms with E-state index in [9.17, 15) is 0 Å². The van der Waals surface area contributed by atoms with Crippen LogP contribution in [0.4, 0.5) is 0 Å². The SMILES string of the molecule is C[C@H](NC[C@H]1CCCNC1)c1ccccn1. The number of pyridine rings is 1. The summed E-state index contributed by atoms with van der Waals surface area (Å²) >= 11 is 0. The largest absolute Gasteiger partial charge is 0.316 e. The molecule has 0 aliphatic carbocycles. The minimum Gasteiger partial charge on any atom is -0.316 e. The molecular formula is C13H21N3. The average Bonchev–Trinajstić information content (AvgIpc) is 2.38. The molecule has 0 aromatic carbocycles. The van der Waals surface area contributed by atoms with Gasteiger partial charge in [0.2, 0.25) is 0 Å². The zero-order valence-electron chi connectivity index (χ0n) is 9.95. The average molecular weight is 219 g/mol. The van der Waals surface area contributed by atoms with Gasteiger partial charge in [-0.3, -0.25) is 4.98 Å². The van der Waals surface area contributed by atoms with E-state index in [0.717, 1.165) is 24.7 Å². The normalized spacial score (nSPS) is 22.9. The summed E-state index contributed by atoms with van der Waals surface area (Å²) in [5.41, 5.74) is 1.13. The van der Waals surface area contributed by atoms with Gasteiger partial charge in [-0.15, -0.1) is 0 Å². The molecule has 3 nitrogen and oxygen atoms in total. The molecule has 0 saturated carbocycles. The van der Waals surface area contributed by atoms with Crippen molar-refractivity contribution in [3.05, 3.63) is 30.1 Å². The highest BCUT2D eigenvalue weighted by molar-refractivity contribution is 5.07. The minimum atomic E-state index is 0.350. The van der Waals surface area contributed by atoms with E-state index >= 15 is 0 Å². The molecule has 88 valence electrons. The van der Waals surface area contributed by atoms with Gasteiger partial charge in [-0.1, -0.05) is 6.07 Å². The van der Waals surface area contributed by atoms with E-state index in [2.05, 4.69) is 28.6 Å². The van der Waals surface area contributed by atoms with E-state index in [1.165, 1.54) is 19.4 Å². The van der Waals surface area contributed by atoms with E-state index in [0.29, 0.717) is 6.04 Å². The molecule has 0 amide bonds. The van der Waals surface area contributed by atoms with Crippen LogP contribution in [0.15, 0.2) is 24.4 Å². The molecular weight excluding hydrogens is 198 g/mol. The van der Waals surface area contributed by atoms with Gasteiger partial charge in [-0.05, 0) is 57.5 Å². The Morgan fingerprint density at radius 1 is 1.56 bits per heavy atom. The van der Waals surface area contributed by atoms with Crippen molar-refractivity contribution in [1.29, 1.82) is 0 Å². The molecule has 2 atom stereocenters. The van der Waals surface area contributed by atoms with Crippen LogP contribution < -0.4 is 10.6 Å². The van der Waals surface area contributed by atoms with Crippen LogP contribution >= 0.6 is 0 Å². The lowest BCUT2D eigenvalue weighted by Gasteiger charge is -2.24. The zero-order valence-corrected chi connectivity index (χ0v) is 9.95. The van der Waals surface area contributed by atoms with Gasteiger partial charge in [0.15, 0.2) is 0 Å². The van der Waals surface area contributed by atoms with Crippen molar-refractivity contribution >= 4 is 0 Å². The van der Waals surface area contributed by atoms with Crippen LogP contribution in [0.25, 0.3) is 0 Å². The second kappa shape index (κ2) is 5.97. The van der Waals surface area contributed by atoms with Crippen molar-refractivity contribution in [3.8, 4) is 0 Å². The Hall–Kier alpha value is -0.930. The summed E-state index contributed by atoms with van der Waals surface area (Å²) < 4.78 is 0. The Morgan fingerprint density at radius 2 is 2.50 bits per heavy atom. The standard InChI is InChI=1S/C13H21N3/c1-11(13-6-2-3-8-15-13)16-10-12-5-4-7-14-9-12/h2-3,6,8,11-12,14,16H,4-5,7,9-10H2,1H3/t11-,12-/m0/s1. The van der Waals surface area contributed by atoms with Crippen molar-refractivity contribution in [3.63, 3.8) is 0 Å². The van der Waals surface area contributed by atoms with Crippen LogP contribution in [0, 0.1) is 5.92 Å². The molecule has 2 rings (SSSR count). The monoisotopic (exact) mass is 219 g/mol. The smallest absolute Gasteiger partial charge is 0.0570 e. The molecule has 1 aromatic heterocycles. The predicted molar refractivity (Wildman–Crippen MR) is 66.2 cm³/mol. The fraction of sp³-hybridized carbons (Fsp3) is 0.615. The van der Waals surface area contributed by atoms with E-state index < -0.39 is 0 Å². The molecule has 0 radical (unpaired) electrons. The van der Waals surface area contributed by atoms with Crippen molar-refractivity contribution < 1.29 is 0 Å². The van der Waals surface area contributed by atoms with Gasteiger partial charge in [0.25, 0.3) is 0 Å². The van der Waals surface area contributed by atoms with Gasteiger partial charge in [0.1, 0.15) is 0 Å². The van der Waals surface area contributed by atoms with E-state index in [1.807, 2.05) is 18.3 Å². The maximum absolute atomic E-state index is 4.36. The van der Waals surface area contributed by atoms with Gasteiger partial charge >= 0.3 is 0 Å². The van der Waals surface area contributed by atoms with E-state index in [4.69, 9.17) is 0 Å². The maximum atomic E-state index is 4.36. The Labute approximate surface area is 97.7 Å². The molecule has 0 unspecified atom stereocenters. The van der Waals surface area contributed by atoms with Crippen molar-refractivity contribution in [2.24, 2.45) is 5.92 Å². The third-order valence-corrected chi connectivity index (χ3v) is 3.24. The summed E-state index contributed by atoms with van der Waals surface area (Å²) in [6.07, 6.45) is 4.51. The second-order valence-corrected chi connectivity index (χ2v) is 4.60. The molecule has 1 aromatic rings. The number of nitrogens with zero attached hydrogens (tertiary/aromatic N) is 1. The van der Waals surface area contributed by atoms with E-state index in [1.54, 1.807) is 0 Å². The number of rotatable bonds is 4. The third kappa shape index (κ3) is 3.29. The lowest BCUT2D eigenvalue weighted by atomic mass is 9.99. The Balaban J connectivity index is 1.77. The second-order valence-electron chi connectivity index (χ2n) is 4.60. The first-order valence-electron chi connectivity index (χ1n) is 6.21. The van der Waals surface area contributed by atoms with Crippen LogP contribution in [0.1, 0.15) is 31.5 Å². The number of hydrogen-bond acceptors (Lipinski definition) is 3. The van der Waals surface area contributed by atoms with Gasteiger partial charge in [0, 0.05) is 12.2 Å². The number of nitrogens with one attached hydrogen (secondary N) is 2. The quantitative estimate of drug-likeness (QED) is 0.810. The first kappa shape index (κ1) is 11.6. The van der Waals surface area contributed by atoms with Gasteiger partial charge < -0.3 is 10.6 Å². The highest BCUT2D eigenvalue weighted by Gasteiger charge is 2.14. The summed E-state index contributed by atoms with van der Waals surface area (Å²) in [4.78, 5) is 4.36. The molecule has 2 heterocycles. The van der Waals surface area contributed by atoms with Crippen molar-refractivity contribution in [2.45, 2.75) is 25.8 Å². The zero-order chi connectivity index (χ0) is 11.2. The van der Waals surface area contributed by atoms with Crippen LogP contribution in [-0.2, 0) is 0 Å². The fourth-order valence-electron chi connectivity index (χ4n) is 2.18. The summed E-state index contributed by atoms with van der Waals surface area (Å²) in [5, 5.41) is 7.01. The lowest BCUT2D eigenvalue weighted by molar-refractivity contribution is 0.347. The van der Waals surface area contributed by atoms with Crippen molar-refractivity contribution in [1.82, 2.24) is 15.6 Å². The van der Waals surface area contributed by atoms with E-state index in [-0.39, 0.29) is 0 Å². The Morgan fingerprint density at radius 3 is 3.19 bits per heavy atom. The first-order chi connectivity index (χ1) is 7.86. The predicted octanol–water partition coefficient (Wildman–Crippen LogP) is 1.73. The highest BCUT2D eigenvalue weighted by atomic mass is 15.0. The van der Waals surface area contributed by atoms with Gasteiger partial charge in [-0.2, -0.15) is 0 Å². The fourth-order valence-corrected chi connectivity index (χ4v) is 2.18. The molecule has 16 heavy (non-hydrogen) atoms. The molecule has 0 spiro atoms. The molecule has 3 heteroatoms. The van der Waals surface area contributed by atoms with Crippen LogP contribution in [0.2, 0.25) is 0 Å². The Bertz CT molecular complexity index is 293. The minimum absolute atomic E-state index is 0.350. The topological polar surface area (TPSA) is 37.0 Å². The summed E-state index contributed by atoms with van der Waals surface area (Å²) in [5.74, 6) is 0.778. The lowest BCUT2D eigenvalue weighted by Crippen LogP contribution is -2.36. The highest BCUT2D eigenvalue weighted by Crippen LogP contribution is 2.12. The Kier molecular flexibility index (Phi) is 4.31. The summed E-state index contributed by atoms with van der Waals surface area (Å²) in [7, 11) is 0. The number of aromatic nitrogens is 1. The molecule has 1 aliphatic heterocycles. The summed E-state index contributed by atoms with van der Waals surface area (Å²) in [6, 6.07) is 6.43. The summed E-state index contributed by atoms with van der Waals surface area (Å²) in [6.45, 7) is 5.61. The third-order valence-electron chi connectivity index (χ3n) is 3.24. The van der Waals surface area contributed by atoms with Crippen molar-refractivity contribution in [2.75, 3.05) is 19.6 Å². The first-order valence-corrected chi connectivity index (χ1v) is 6.21. The molecule has 1 aliphatic rings.